The Bertz CT molecular complexity index is 3830. The van der Waals surface area contributed by atoms with Crippen molar-refractivity contribution in [2.75, 3.05) is 0 Å². The number of benzene rings is 10. The van der Waals surface area contributed by atoms with Crippen LogP contribution in [0.25, 0.3) is 93.8 Å². The van der Waals surface area contributed by atoms with Gasteiger partial charge in [-0.25, -0.2) is 4.99 Å². The predicted molar refractivity (Wildman–Crippen MR) is 283 cm³/mol. The molecular formula is C63H45N5. The van der Waals surface area contributed by atoms with Crippen molar-refractivity contribution in [3.8, 4) is 50.2 Å². The maximum absolute atomic E-state index is 5.44. The van der Waals surface area contributed by atoms with Crippen LogP contribution in [0.3, 0.4) is 0 Å². The van der Waals surface area contributed by atoms with Crippen LogP contribution in [-0.2, 0) is 0 Å². The van der Waals surface area contributed by atoms with Crippen molar-refractivity contribution in [3.63, 3.8) is 0 Å². The Kier molecular flexibility index (Phi) is 9.66. The summed E-state index contributed by atoms with van der Waals surface area (Å²) in [4.78, 5) is 5.44. The number of aliphatic imine (C=N–C) groups is 1. The summed E-state index contributed by atoms with van der Waals surface area (Å²) in [6.07, 6.45) is -0.691. The average molecular weight is 872 g/mol. The first-order chi connectivity index (χ1) is 33.7. The van der Waals surface area contributed by atoms with Gasteiger partial charge in [0, 0.05) is 32.7 Å². The first kappa shape index (κ1) is 39.6. The molecule has 0 fully saturated rings. The number of fused-ring (bicyclic) bond motifs is 6. The van der Waals surface area contributed by atoms with Crippen LogP contribution in [-0.4, -0.2) is 15.0 Å². The van der Waals surface area contributed by atoms with Crippen molar-refractivity contribution in [1.29, 1.82) is 0 Å². The molecule has 10 aromatic carbocycles. The van der Waals surface area contributed by atoms with E-state index in [2.05, 4.69) is 268 Å². The number of hydrogen-bond acceptors (Lipinski definition) is 3. The molecule has 0 amide bonds. The van der Waals surface area contributed by atoms with E-state index in [1.54, 1.807) is 0 Å². The summed E-state index contributed by atoms with van der Waals surface area (Å²) in [5.41, 5.74) is 17.3. The fourth-order valence-electron chi connectivity index (χ4n) is 10.3. The van der Waals surface area contributed by atoms with Gasteiger partial charge >= 0.3 is 0 Å². The molecule has 0 saturated carbocycles. The SMILES string of the molecule is c1ccc(-c2ccc(C3N=C(c4cccc(-c5ccccc5)c4)NC(n4c5ccccc5c5cc6c(cc54)c4ccccc4n6-c4ccc(-c5ccccc5)cc4-c4ccccc4)N3)cc2)cc1. The zero-order valence-electron chi connectivity index (χ0n) is 37.2. The Morgan fingerprint density at radius 1 is 0.338 bits per heavy atom. The fraction of sp³-hybridized carbons (Fsp3) is 0.0317. The van der Waals surface area contributed by atoms with E-state index in [4.69, 9.17) is 4.99 Å². The second kappa shape index (κ2) is 16.6. The lowest BCUT2D eigenvalue weighted by atomic mass is 9.97. The Hall–Kier alpha value is -8.77. The third-order valence-corrected chi connectivity index (χ3v) is 13.6. The summed E-state index contributed by atoms with van der Waals surface area (Å²) in [5, 5.41) is 12.7. The van der Waals surface area contributed by atoms with E-state index in [9.17, 15) is 0 Å². The lowest BCUT2D eigenvalue weighted by Crippen LogP contribution is -2.47. The number of nitrogens with zero attached hydrogens (tertiary/aromatic N) is 3. The van der Waals surface area contributed by atoms with Gasteiger partial charge in [0.05, 0.1) is 27.8 Å². The van der Waals surface area contributed by atoms with Crippen LogP contribution in [0.4, 0.5) is 0 Å². The van der Waals surface area contributed by atoms with Crippen LogP contribution >= 0.6 is 0 Å². The van der Waals surface area contributed by atoms with E-state index in [0.29, 0.717) is 0 Å². The minimum atomic E-state index is -0.356. The largest absolute Gasteiger partial charge is 0.337 e. The molecule has 1 aliphatic heterocycles. The van der Waals surface area contributed by atoms with Crippen molar-refractivity contribution in [1.82, 2.24) is 19.8 Å². The molecule has 5 nitrogen and oxygen atoms in total. The summed E-state index contributed by atoms with van der Waals surface area (Å²) < 4.78 is 4.92. The Morgan fingerprint density at radius 2 is 0.824 bits per heavy atom. The molecule has 0 radical (unpaired) electrons. The standard InChI is InChI=1S/C63H45N5/c1-5-18-42(19-6-1)45-32-34-47(35-33-45)61-64-62(50-27-17-26-48(38-50)43-20-7-2-8-21-43)66-63(65-61)68-57-31-16-14-29-52(57)55-40-59-54(41-60(55)68)51-28-13-15-30-56(51)67(59)58-37-36-49(44-22-9-3-10-23-44)39-53(58)46-24-11-4-12-25-46/h1-41,61,63,65H,(H,64,66). The molecule has 0 saturated heterocycles. The third kappa shape index (κ3) is 6.88. The van der Waals surface area contributed by atoms with Gasteiger partial charge in [0.15, 0.2) is 6.29 Å². The van der Waals surface area contributed by atoms with Gasteiger partial charge in [-0.1, -0.05) is 206 Å². The zero-order chi connectivity index (χ0) is 45.0. The fourth-order valence-corrected chi connectivity index (χ4v) is 10.3. The molecule has 0 spiro atoms. The molecule has 5 heteroatoms. The number of amidine groups is 1. The van der Waals surface area contributed by atoms with E-state index >= 15 is 0 Å². The number of hydrogen-bond donors (Lipinski definition) is 2. The number of nitrogens with one attached hydrogen (secondary N) is 2. The summed E-state index contributed by atoms with van der Waals surface area (Å²) in [5.74, 6) is 0.833. The monoisotopic (exact) mass is 871 g/mol. The normalized spacial score (nSPS) is 14.9. The number of para-hydroxylation sites is 2. The molecule has 13 rings (SSSR count). The van der Waals surface area contributed by atoms with Crippen molar-refractivity contribution < 1.29 is 0 Å². The topological polar surface area (TPSA) is 46.3 Å². The minimum Gasteiger partial charge on any atom is -0.337 e. The maximum Gasteiger partial charge on any atom is 0.162 e. The van der Waals surface area contributed by atoms with Crippen molar-refractivity contribution >= 4 is 49.4 Å². The molecule has 0 bridgehead atoms. The lowest BCUT2D eigenvalue weighted by Gasteiger charge is -2.33. The third-order valence-electron chi connectivity index (χ3n) is 13.6. The van der Waals surface area contributed by atoms with Gasteiger partial charge in [0.2, 0.25) is 0 Å². The van der Waals surface area contributed by atoms with E-state index < -0.39 is 0 Å². The van der Waals surface area contributed by atoms with E-state index in [0.717, 1.165) is 50.3 Å². The van der Waals surface area contributed by atoms with Crippen LogP contribution < -0.4 is 10.6 Å². The smallest absolute Gasteiger partial charge is 0.162 e. The molecule has 3 heterocycles. The summed E-state index contributed by atoms with van der Waals surface area (Å²) in [6, 6.07) is 89.6. The highest BCUT2D eigenvalue weighted by Gasteiger charge is 2.29. The van der Waals surface area contributed by atoms with Crippen LogP contribution in [0, 0.1) is 0 Å². The molecular weight excluding hydrogens is 827 g/mol. The highest BCUT2D eigenvalue weighted by molar-refractivity contribution is 6.19. The molecule has 12 aromatic rings. The molecule has 1 aliphatic rings. The van der Waals surface area contributed by atoms with Crippen molar-refractivity contribution in [3.05, 3.63) is 260 Å². The zero-order valence-corrected chi connectivity index (χ0v) is 37.2. The lowest BCUT2D eigenvalue weighted by molar-refractivity contribution is 0.329. The van der Waals surface area contributed by atoms with Crippen LogP contribution in [0.2, 0.25) is 0 Å². The average Bonchev–Trinajstić information content (AvgIpc) is 3.92. The minimum absolute atomic E-state index is 0.335. The van der Waals surface area contributed by atoms with Gasteiger partial charge in [0.1, 0.15) is 12.0 Å². The summed E-state index contributed by atoms with van der Waals surface area (Å²) in [7, 11) is 0. The Labute approximate surface area is 394 Å². The molecule has 2 unspecified atom stereocenters. The second-order valence-corrected chi connectivity index (χ2v) is 17.6. The number of aromatic nitrogens is 2. The summed E-state index contributed by atoms with van der Waals surface area (Å²) in [6.45, 7) is 0. The predicted octanol–water partition coefficient (Wildman–Crippen LogP) is 15.4. The van der Waals surface area contributed by atoms with Crippen molar-refractivity contribution in [2.24, 2.45) is 4.99 Å². The van der Waals surface area contributed by atoms with E-state index in [-0.39, 0.29) is 12.5 Å². The van der Waals surface area contributed by atoms with Gasteiger partial charge < -0.3 is 14.5 Å². The van der Waals surface area contributed by atoms with Crippen LogP contribution in [0.1, 0.15) is 23.6 Å². The second-order valence-electron chi connectivity index (χ2n) is 17.6. The van der Waals surface area contributed by atoms with Crippen LogP contribution in [0.15, 0.2) is 254 Å². The summed E-state index contributed by atoms with van der Waals surface area (Å²) >= 11 is 0. The first-order valence-electron chi connectivity index (χ1n) is 23.3. The van der Waals surface area contributed by atoms with Gasteiger partial charge in [-0.2, -0.15) is 0 Å². The first-order valence-corrected chi connectivity index (χ1v) is 23.3. The number of rotatable bonds is 8. The molecule has 2 N–H and O–H groups in total. The Balaban J connectivity index is 0.999. The van der Waals surface area contributed by atoms with Gasteiger partial charge in [0.25, 0.3) is 0 Å². The molecule has 0 aliphatic carbocycles. The van der Waals surface area contributed by atoms with Crippen molar-refractivity contribution in [2.45, 2.75) is 12.5 Å². The molecule has 2 atom stereocenters. The Morgan fingerprint density at radius 3 is 1.50 bits per heavy atom. The highest BCUT2D eigenvalue weighted by Crippen LogP contribution is 2.42. The van der Waals surface area contributed by atoms with Gasteiger partial charge in [-0.05, 0) is 87.0 Å². The van der Waals surface area contributed by atoms with Crippen LogP contribution in [0.5, 0.6) is 0 Å². The maximum atomic E-state index is 5.44. The van der Waals surface area contributed by atoms with E-state index in [1.807, 2.05) is 0 Å². The van der Waals surface area contributed by atoms with Gasteiger partial charge in [-0.15, -0.1) is 0 Å². The molecule has 2 aromatic heterocycles. The molecule has 322 valence electrons. The highest BCUT2D eigenvalue weighted by atomic mass is 15.4. The molecule has 68 heavy (non-hydrogen) atoms. The quantitative estimate of drug-likeness (QED) is 0.160. The van der Waals surface area contributed by atoms with Gasteiger partial charge in [-0.3, -0.25) is 5.32 Å². The van der Waals surface area contributed by atoms with E-state index in [1.165, 1.54) is 60.5 Å².